The minimum atomic E-state index is -0.908. The summed E-state index contributed by atoms with van der Waals surface area (Å²) in [5.74, 6) is 2.52. The van der Waals surface area contributed by atoms with Gasteiger partial charge in [-0.25, -0.2) is 0 Å². The molecule has 184 valence electrons. The molecule has 3 heterocycles. The van der Waals surface area contributed by atoms with Crippen LogP contribution in [0.4, 0.5) is 6.01 Å². The Morgan fingerprint density at radius 2 is 1.71 bits per heavy atom. The van der Waals surface area contributed by atoms with Gasteiger partial charge in [-0.1, -0.05) is 53.6 Å². The predicted octanol–water partition coefficient (Wildman–Crippen LogP) is 4.07. The van der Waals surface area contributed by atoms with Crippen LogP contribution < -0.4 is 0 Å². The van der Waals surface area contributed by atoms with Crippen LogP contribution in [0.5, 0.6) is 0 Å². The zero-order valence-electron chi connectivity index (χ0n) is 20.4. The molecule has 3 aromatic rings. The van der Waals surface area contributed by atoms with E-state index >= 15 is 0 Å². The van der Waals surface area contributed by atoms with Gasteiger partial charge < -0.3 is 23.7 Å². The summed E-state index contributed by atoms with van der Waals surface area (Å²) in [5.41, 5.74) is 2.96. The third-order valence-corrected chi connectivity index (χ3v) is 7.25. The highest BCUT2D eigenvalue weighted by Crippen LogP contribution is 2.39. The lowest BCUT2D eigenvalue weighted by Crippen LogP contribution is -2.44. The van der Waals surface area contributed by atoms with Crippen LogP contribution in [0.1, 0.15) is 35.4 Å². The molecule has 1 atom stereocenters. The number of benzene rings is 2. The Kier molecular flexibility index (Phi) is 7.08. The summed E-state index contributed by atoms with van der Waals surface area (Å²) in [7, 11) is 3.98. The molecule has 2 aliphatic rings. The summed E-state index contributed by atoms with van der Waals surface area (Å²) in [6.45, 7) is 5.06. The molecule has 0 amide bonds. The molecule has 0 spiro atoms. The van der Waals surface area contributed by atoms with Crippen LogP contribution in [-0.2, 0) is 15.3 Å². The summed E-state index contributed by atoms with van der Waals surface area (Å²) >= 11 is 1.96. The van der Waals surface area contributed by atoms with E-state index in [1.807, 2.05) is 73.2 Å². The molecule has 2 saturated heterocycles. The van der Waals surface area contributed by atoms with Gasteiger partial charge in [0.25, 0.3) is 0 Å². The second kappa shape index (κ2) is 10.4. The highest BCUT2D eigenvalue weighted by Gasteiger charge is 2.40. The third-order valence-electron chi connectivity index (χ3n) is 6.30. The van der Waals surface area contributed by atoms with Crippen molar-refractivity contribution in [3.05, 3.63) is 77.2 Å². The van der Waals surface area contributed by atoms with Crippen molar-refractivity contribution >= 4 is 23.7 Å². The van der Waals surface area contributed by atoms with E-state index in [1.165, 1.54) is 0 Å². The number of aromatic nitrogens is 2. The quantitative estimate of drug-likeness (QED) is 0.389. The number of hydrogen-bond donors (Lipinski definition) is 0. The average molecular weight is 494 g/mol. The van der Waals surface area contributed by atoms with E-state index in [1.54, 1.807) is 0 Å². The van der Waals surface area contributed by atoms with Crippen molar-refractivity contribution in [3.8, 4) is 0 Å². The number of ether oxygens (including phenoxy) is 2. The second-order valence-electron chi connectivity index (χ2n) is 8.86. The lowest BCUT2D eigenvalue weighted by molar-refractivity contribution is -0.129. The Bertz CT molecular complexity index is 1150. The molecule has 1 unspecified atom stereocenters. The zero-order chi connectivity index (χ0) is 24.3. The van der Waals surface area contributed by atoms with Gasteiger partial charge in [-0.3, -0.25) is 0 Å². The molecule has 9 heteroatoms. The van der Waals surface area contributed by atoms with Crippen LogP contribution in [0.15, 0.2) is 64.0 Å². The van der Waals surface area contributed by atoms with Crippen LogP contribution in [0.3, 0.4) is 0 Å². The van der Waals surface area contributed by atoms with Crippen molar-refractivity contribution in [2.45, 2.75) is 18.6 Å². The third kappa shape index (κ3) is 4.94. The SMILES string of the molecule is CC(c1cccc(C2(c3ccccc3)OCCO2)c1)c1nnc(N=C(N(C)C)N2CCSCC2)o1. The lowest BCUT2D eigenvalue weighted by Gasteiger charge is -2.32. The largest absolute Gasteiger partial charge is 0.406 e. The molecule has 0 aliphatic carbocycles. The van der Waals surface area contributed by atoms with Gasteiger partial charge in [0.15, 0.2) is 0 Å². The van der Waals surface area contributed by atoms with Crippen LogP contribution in [0, 0.1) is 0 Å². The van der Waals surface area contributed by atoms with Gasteiger partial charge in [-0.2, -0.15) is 16.8 Å². The zero-order valence-corrected chi connectivity index (χ0v) is 21.2. The molecule has 2 aromatic carbocycles. The summed E-state index contributed by atoms with van der Waals surface area (Å²) in [6.07, 6.45) is 0. The first-order valence-corrected chi connectivity index (χ1v) is 13.1. The first-order chi connectivity index (χ1) is 17.1. The van der Waals surface area contributed by atoms with E-state index in [0.29, 0.717) is 19.1 Å². The van der Waals surface area contributed by atoms with E-state index in [0.717, 1.165) is 47.2 Å². The van der Waals surface area contributed by atoms with Crippen LogP contribution >= 0.6 is 11.8 Å². The van der Waals surface area contributed by atoms with Crippen molar-refractivity contribution in [2.75, 3.05) is 51.9 Å². The van der Waals surface area contributed by atoms with Gasteiger partial charge in [-0.05, 0) is 18.6 Å². The maximum atomic E-state index is 6.18. The number of guanidine groups is 1. The number of aliphatic imine (C=N–C) groups is 1. The van der Waals surface area contributed by atoms with Gasteiger partial charge >= 0.3 is 6.01 Å². The average Bonchev–Trinajstić information content (AvgIpc) is 3.59. The van der Waals surface area contributed by atoms with Gasteiger partial charge in [0.1, 0.15) is 0 Å². The first-order valence-electron chi connectivity index (χ1n) is 11.9. The maximum absolute atomic E-state index is 6.18. The van der Waals surface area contributed by atoms with Gasteiger partial charge in [0, 0.05) is 49.8 Å². The van der Waals surface area contributed by atoms with Crippen LogP contribution in [-0.4, -0.2) is 77.9 Å². The van der Waals surface area contributed by atoms with Crippen molar-refractivity contribution in [1.29, 1.82) is 0 Å². The molecule has 0 bridgehead atoms. The van der Waals surface area contributed by atoms with E-state index < -0.39 is 5.79 Å². The molecule has 5 rings (SSSR count). The lowest BCUT2D eigenvalue weighted by atomic mass is 9.92. The maximum Gasteiger partial charge on any atom is 0.345 e. The minimum absolute atomic E-state index is 0.116. The summed E-state index contributed by atoms with van der Waals surface area (Å²) in [4.78, 5) is 8.95. The van der Waals surface area contributed by atoms with Crippen LogP contribution in [0.2, 0.25) is 0 Å². The number of hydrogen-bond acceptors (Lipinski definition) is 7. The molecular formula is C26H31N5O3S. The smallest absolute Gasteiger partial charge is 0.345 e. The molecule has 0 N–H and O–H groups in total. The standard InChI is InChI=1S/C26H31N5O3S/c1-19(23-28-29-24(34-23)27-25(30(2)3)31-12-16-35-17-13-31)20-8-7-11-22(18-20)26(32-14-15-33-26)21-9-5-4-6-10-21/h4-11,18-19H,12-17H2,1-3H3. The summed E-state index contributed by atoms with van der Waals surface area (Å²) in [6, 6.07) is 18.6. The molecular weight excluding hydrogens is 462 g/mol. The summed E-state index contributed by atoms with van der Waals surface area (Å²) < 4.78 is 18.4. The van der Waals surface area contributed by atoms with Crippen molar-refractivity contribution in [1.82, 2.24) is 20.0 Å². The fourth-order valence-corrected chi connectivity index (χ4v) is 5.38. The fraction of sp³-hybridized carbons (Fsp3) is 0.423. The number of rotatable bonds is 5. The number of nitrogens with zero attached hydrogens (tertiary/aromatic N) is 5. The fourth-order valence-electron chi connectivity index (χ4n) is 4.47. The first kappa shape index (κ1) is 23.8. The molecule has 35 heavy (non-hydrogen) atoms. The predicted molar refractivity (Wildman–Crippen MR) is 137 cm³/mol. The minimum Gasteiger partial charge on any atom is -0.406 e. The van der Waals surface area contributed by atoms with Gasteiger partial charge in [0.2, 0.25) is 17.6 Å². The van der Waals surface area contributed by atoms with E-state index in [9.17, 15) is 0 Å². The summed E-state index contributed by atoms with van der Waals surface area (Å²) in [5, 5.41) is 8.55. The Morgan fingerprint density at radius 1 is 1.00 bits per heavy atom. The van der Waals surface area contributed by atoms with E-state index in [4.69, 9.17) is 13.9 Å². The Hall–Kier alpha value is -2.88. The Labute approximate surface area is 210 Å². The molecule has 0 radical (unpaired) electrons. The number of thioether (sulfide) groups is 1. The Morgan fingerprint density at radius 3 is 2.43 bits per heavy atom. The molecule has 0 saturated carbocycles. The monoisotopic (exact) mass is 493 g/mol. The van der Waals surface area contributed by atoms with E-state index in [2.05, 4.69) is 39.1 Å². The van der Waals surface area contributed by atoms with Crippen molar-refractivity contribution in [3.63, 3.8) is 0 Å². The molecule has 2 fully saturated rings. The molecule has 2 aliphatic heterocycles. The van der Waals surface area contributed by atoms with Crippen LogP contribution in [0.25, 0.3) is 0 Å². The molecule has 8 nitrogen and oxygen atoms in total. The van der Waals surface area contributed by atoms with Gasteiger partial charge in [0.05, 0.1) is 19.1 Å². The highest BCUT2D eigenvalue weighted by atomic mass is 32.2. The van der Waals surface area contributed by atoms with Crippen molar-refractivity contribution in [2.24, 2.45) is 4.99 Å². The normalized spacial score (nSPS) is 19.1. The highest BCUT2D eigenvalue weighted by molar-refractivity contribution is 7.99. The van der Waals surface area contributed by atoms with E-state index in [-0.39, 0.29) is 11.9 Å². The Balaban J connectivity index is 1.41. The van der Waals surface area contributed by atoms with Crippen molar-refractivity contribution < 1.29 is 13.9 Å². The van der Waals surface area contributed by atoms with Gasteiger partial charge in [-0.15, -0.1) is 5.10 Å². The second-order valence-corrected chi connectivity index (χ2v) is 10.1. The molecule has 1 aromatic heterocycles. The topological polar surface area (TPSA) is 76.2 Å².